The minimum atomic E-state index is 0.0699. The molecule has 0 radical (unpaired) electrons. The Kier molecular flexibility index (Phi) is 3.75. The Morgan fingerprint density at radius 1 is 1.44 bits per heavy atom. The average Bonchev–Trinajstić information content (AvgIpc) is 2.39. The Balaban J connectivity index is 2.22. The maximum absolute atomic E-state index is 12.4. The van der Waals surface area contributed by atoms with Crippen molar-refractivity contribution in [2.24, 2.45) is 0 Å². The van der Waals surface area contributed by atoms with Crippen molar-refractivity contribution in [1.82, 2.24) is 4.90 Å². The molecular formula is C14H20N2O2. The highest BCUT2D eigenvalue weighted by molar-refractivity contribution is 5.95. The summed E-state index contributed by atoms with van der Waals surface area (Å²) < 4.78 is 5.15. The van der Waals surface area contributed by atoms with E-state index < -0.39 is 0 Å². The molecule has 1 aliphatic heterocycles. The topological polar surface area (TPSA) is 55.6 Å². The Morgan fingerprint density at radius 2 is 2.22 bits per heavy atom. The predicted molar refractivity (Wildman–Crippen MR) is 71.8 cm³/mol. The molecule has 0 spiro atoms. The van der Waals surface area contributed by atoms with Crippen LogP contribution < -0.4 is 10.5 Å². The van der Waals surface area contributed by atoms with Gasteiger partial charge in [-0.3, -0.25) is 4.79 Å². The Morgan fingerprint density at radius 3 is 2.89 bits per heavy atom. The number of rotatable bonds is 2. The smallest absolute Gasteiger partial charge is 0.254 e. The first-order valence-electron chi connectivity index (χ1n) is 6.38. The number of ether oxygens (including phenoxy) is 1. The van der Waals surface area contributed by atoms with Gasteiger partial charge >= 0.3 is 0 Å². The highest BCUT2D eigenvalue weighted by atomic mass is 16.5. The van der Waals surface area contributed by atoms with Gasteiger partial charge in [0, 0.05) is 18.2 Å². The number of carbonyl (C=O) groups excluding carboxylic acids is 1. The number of likely N-dealkylation sites (tertiary alicyclic amines) is 1. The van der Waals surface area contributed by atoms with Crippen LogP contribution in [-0.2, 0) is 0 Å². The molecule has 1 atom stereocenters. The van der Waals surface area contributed by atoms with E-state index in [1.807, 2.05) is 4.90 Å². The summed E-state index contributed by atoms with van der Waals surface area (Å²) in [6.45, 7) is 2.94. The van der Waals surface area contributed by atoms with Gasteiger partial charge in [0.2, 0.25) is 0 Å². The number of hydrogen-bond acceptors (Lipinski definition) is 3. The van der Waals surface area contributed by atoms with E-state index in [1.165, 1.54) is 6.42 Å². The molecular weight excluding hydrogens is 228 g/mol. The summed E-state index contributed by atoms with van der Waals surface area (Å²) in [5.41, 5.74) is 6.96. The van der Waals surface area contributed by atoms with Crippen molar-refractivity contribution in [3.63, 3.8) is 0 Å². The number of nitrogen functional groups attached to an aromatic ring is 1. The zero-order chi connectivity index (χ0) is 13.1. The van der Waals surface area contributed by atoms with Gasteiger partial charge in [-0.2, -0.15) is 0 Å². The molecule has 1 heterocycles. The number of nitrogens with two attached hydrogens (primary N) is 1. The van der Waals surface area contributed by atoms with Gasteiger partial charge < -0.3 is 15.4 Å². The van der Waals surface area contributed by atoms with Crippen LogP contribution in [0.2, 0.25) is 0 Å². The van der Waals surface area contributed by atoms with Gasteiger partial charge in [-0.05, 0) is 44.4 Å². The third-order valence-corrected chi connectivity index (χ3v) is 3.54. The maximum Gasteiger partial charge on any atom is 0.254 e. The van der Waals surface area contributed by atoms with Gasteiger partial charge in [-0.15, -0.1) is 0 Å². The van der Waals surface area contributed by atoms with E-state index in [9.17, 15) is 4.79 Å². The Labute approximate surface area is 108 Å². The summed E-state index contributed by atoms with van der Waals surface area (Å²) >= 11 is 0. The first-order valence-corrected chi connectivity index (χ1v) is 6.38. The molecule has 1 aromatic carbocycles. The molecule has 18 heavy (non-hydrogen) atoms. The molecule has 0 aliphatic carbocycles. The van der Waals surface area contributed by atoms with Gasteiger partial charge in [0.25, 0.3) is 5.91 Å². The summed E-state index contributed by atoms with van der Waals surface area (Å²) in [6.07, 6.45) is 3.37. The van der Waals surface area contributed by atoms with Gasteiger partial charge in [0.05, 0.1) is 12.8 Å². The van der Waals surface area contributed by atoms with E-state index in [1.54, 1.807) is 25.3 Å². The zero-order valence-electron chi connectivity index (χ0n) is 11.0. The number of piperidine rings is 1. The lowest BCUT2D eigenvalue weighted by atomic mass is 10.0. The normalized spacial score (nSPS) is 19.7. The van der Waals surface area contributed by atoms with E-state index in [0.29, 0.717) is 23.0 Å². The molecule has 1 aromatic rings. The third-order valence-electron chi connectivity index (χ3n) is 3.54. The fraction of sp³-hybridized carbons (Fsp3) is 0.500. The van der Waals surface area contributed by atoms with Crippen molar-refractivity contribution in [2.75, 3.05) is 19.4 Å². The SMILES string of the molecule is COc1cc(C(=O)N2CCCCC2C)ccc1N. The Hall–Kier alpha value is -1.71. The van der Waals surface area contributed by atoms with E-state index in [2.05, 4.69) is 6.92 Å². The maximum atomic E-state index is 12.4. The number of benzene rings is 1. The second-order valence-electron chi connectivity index (χ2n) is 4.80. The van der Waals surface area contributed by atoms with Crippen LogP contribution in [0.25, 0.3) is 0 Å². The second kappa shape index (κ2) is 5.29. The lowest BCUT2D eigenvalue weighted by Crippen LogP contribution is -2.42. The number of amides is 1. The second-order valence-corrected chi connectivity index (χ2v) is 4.80. The van der Waals surface area contributed by atoms with Crippen LogP contribution in [0.3, 0.4) is 0 Å². The van der Waals surface area contributed by atoms with Crippen LogP contribution in [0.5, 0.6) is 5.75 Å². The lowest BCUT2D eigenvalue weighted by molar-refractivity contribution is 0.0635. The fourth-order valence-electron chi connectivity index (χ4n) is 2.41. The van der Waals surface area contributed by atoms with Crippen LogP contribution in [0.4, 0.5) is 5.69 Å². The summed E-state index contributed by atoms with van der Waals surface area (Å²) in [6, 6.07) is 5.52. The molecule has 2 rings (SSSR count). The van der Waals surface area contributed by atoms with E-state index in [4.69, 9.17) is 10.5 Å². The molecule has 0 bridgehead atoms. The van der Waals surface area contributed by atoms with Crippen molar-refractivity contribution in [1.29, 1.82) is 0 Å². The molecule has 4 nitrogen and oxygen atoms in total. The van der Waals surface area contributed by atoms with Crippen LogP contribution >= 0.6 is 0 Å². The van der Waals surface area contributed by atoms with Gasteiger partial charge in [-0.25, -0.2) is 0 Å². The molecule has 1 fully saturated rings. The van der Waals surface area contributed by atoms with E-state index in [0.717, 1.165) is 19.4 Å². The van der Waals surface area contributed by atoms with Crippen molar-refractivity contribution in [3.8, 4) is 5.75 Å². The van der Waals surface area contributed by atoms with E-state index in [-0.39, 0.29) is 5.91 Å². The fourth-order valence-corrected chi connectivity index (χ4v) is 2.41. The molecule has 4 heteroatoms. The average molecular weight is 248 g/mol. The largest absolute Gasteiger partial charge is 0.495 e. The van der Waals surface area contributed by atoms with Gasteiger partial charge in [-0.1, -0.05) is 0 Å². The number of hydrogen-bond donors (Lipinski definition) is 1. The lowest BCUT2D eigenvalue weighted by Gasteiger charge is -2.33. The molecule has 1 unspecified atom stereocenters. The molecule has 1 amide bonds. The quantitative estimate of drug-likeness (QED) is 0.817. The third kappa shape index (κ3) is 2.42. The summed E-state index contributed by atoms with van der Waals surface area (Å²) in [5, 5.41) is 0. The van der Waals surface area contributed by atoms with Crippen molar-refractivity contribution >= 4 is 11.6 Å². The molecule has 2 N–H and O–H groups in total. The van der Waals surface area contributed by atoms with Crippen molar-refractivity contribution in [3.05, 3.63) is 23.8 Å². The number of anilines is 1. The molecule has 0 saturated carbocycles. The van der Waals surface area contributed by atoms with E-state index >= 15 is 0 Å². The van der Waals surface area contributed by atoms with Gasteiger partial charge in [0.15, 0.2) is 0 Å². The summed E-state index contributed by atoms with van der Waals surface area (Å²) in [4.78, 5) is 14.4. The van der Waals surface area contributed by atoms with Crippen LogP contribution in [-0.4, -0.2) is 30.5 Å². The number of carbonyl (C=O) groups is 1. The highest BCUT2D eigenvalue weighted by Crippen LogP contribution is 2.25. The monoisotopic (exact) mass is 248 g/mol. The summed E-state index contributed by atoms with van der Waals surface area (Å²) in [7, 11) is 1.56. The minimum absolute atomic E-state index is 0.0699. The van der Waals surface area contributed by atoms with Crippen LogP contribution in [0.1, 0.15) is 36.5 Å². The van der Waals surface area contributed by atoms with Crippen LogP contribution in [0.15, 0.2) is 18.2 Å². The first kappa shape index (κ1) is 12.7. The van der Waals surface area contributed by atoms with Crippen molar-refractivity contribution in [2.45, 2.75) is 32.2 Å². The van der Waals surface area contributed by atoms with Crippen LogP contribution in [0, 0.1) is 0 Å². The number of nitrogens with zero attached hydrogens (tertiary/aromatic N) is 1. The van der Waals surface area contributed by atoms with Gasteiger partial charge in [0.1, 0.15) is 5.75 Å². The standard InChI is InChI=1S/C14H20N2O2/c1-10-5-3-4-8-16(10)14(17)11-6-7-12(15)13(9-11)18-2/h6-7,9-10H,3-5,8,15H2,1-2H3. The summed E-state index contributed by atoms with van der Waals surface area (Å²) in [5.74, 6) is 0.631. The number of methoxy groups -OCH3 is 1. The first-order chi connectivity index (χ1) is 8.63. The van der Waals surface area contributed by atoms with Crippen molar-refractivity contribution < 1.29 is 9.53 Å². The molecule has 0 aromatic heterocycles. The minimum Gasteiger partial charge on any atom is -0.495 e. The molecule has 1 aliphatic rings. The molecule has 1 saturated heterocycles. The Bertz CT molecular complexity index is 445. The highest BCUT2D eigenvalue weighted by Gasteiger charge is 2.24. The predicted octanol–water partition coefficient (Wildman–Crippen LogP) is 2.29. The zero-order valence-corrected chi connectivity index (χ0v) is 11.0. The molecule has 98 valence electrons.